The number of aryl methyl sites for hydroxylation is 1. The zero-order chi connectivity index (χ0) is 10.8. The number of rotatable bonds is 3. The van der Waals surface area contributed by atoms with Crippen LogP contribution < -0.4 is 11.3 Å². The minimum atomic E-state index is 0.350. The number of nitrogens with one attached hydrogen (secondary N) is 1. The largest absolute Gasteiger partial charge is 0.271 e. The third-order valence-electron chi connectivity index (χ3n) is 3.23. The molecule has 1 atom stereocenters. The Labute approximate surface area is 103 Å². The fraction of sp³-hybridized carbons (Fsp3) is 0.636. The van der Waals surface area contributed by atoms with Gasteiger partial charge in [-0.2, -0.15) is 0 Å². The summed E-state index contributed by atoms with van der Waals surface area (Å²) in [6.45, 7) is 2.13. The van der Waals surface area contributed by atoms with Gasteiger partial charge in [0.1, 0.15) is 0 Å². The van der Waals surface area contributed by atoms with Crippen molar-refractivity contribution < 1.29 is 0 Å². The summed E-state index contributed by atoms with van der Waals surface area (Å²) in [6, 6.07) is 2.60. The van der Waals surface area contributed by atoms with Gasteiger partial charge < -0.3 is 0 Å². The molecule has 1 fully saturated rings. The molecular formula is C11H17BrN2S. The van der Waals surface area contributed by atoms with Gasteiger partial charge in [0.25, 0.3) is 0 Å². The molecule has 1 aliphatic rings. The molecule has 1 aliphatic carbocycles. The monoisotopic (exact) mass is 288 g/mol. The van der Waals surface area contributed by atoms with Crippen LogP contribution in [-0.4, -0.2) is 0 Å². The second-order valence-electron chi connectivity index (χ2n) is 4.29. The van der Waals surface area contributed by atoms with E-state index in [2.05, 4.69) is 34.3 Å². The average molecular weight is 289 g/mol. The van der Waals surface area contributed by atoms with Gasteiger partial charge in [-0.1, -0.05) is 12.8 Å². The maximum atomic E-state index is 5.69. The molecule has 0 aromatic carbocycles. The van der Waals surface area contributed by atoms with Crippen LogP contribution in [0.3, 0.4) is 0 Å². The van der Waals surface area contributed by atoms with Crippen molar-refractivity contribution >= 4 is 27.3 Å². The number of hydrazine groups is 1. The van der Waals surface area contributed by atoms with Crippen LogP contribution in [0.25, 0.3) is 0 Å². The van der Waals surface area contributed by atoms with Crippen molar-refractivity contribution in [1.82, 2.24) is 5.43 Å². The summed E-state index contributed by atoms with van der Waals surface area (Å²) in [5.41, 5.74) is 4.30. The molecule has 4 heteroatoms. The standard InChI is InChI=1S/C11H17BrN2S/c1-7-6-9(15-11(7)12)10(14-13)8-4-2-3-5-8/h6,8,10,14H,2-5,13H2,1H3. The normalized spacial score (nSPS) is 19.7. The van der Waals surface area contributed by atoms with E-state index in [-0.39, 0.29) is 0 Å². The second kappa shape index (κ2) is 4.95. The van der Waals surface area contributed by atoms with Gasteiger partial charge >= 0.3 is 0 Å². The maximum absolute atomic E-state index is 5.69. The van der Waals surface area contributed by atoms with E-state index >= 15 is 0 Å². The first-order chi connectivity index (χ1) is 7.22. The third kappa shape index (κ3) is 2.44. The lowest BCUT2D eigenvalue weighted by molar-refractivity contribution is 0.378. The van der Waals surface area contributed by atoms with E-state index in [0.717, 1.165) is 5.92 Å². The van der Waals surface area contributed by atoms with E-state index in [1.807, 2.05) is 11.3 Å². The van der Waals surface area contributed by atoms with Crippen molar-refractivity contribution in [1.29, 1.82) is 0 Å². The first-order valence-corrected chi connectivity index (χ1v) is 7.05. The minimum Gasteiger partial charge on any atom is -0.271 e. The van der Waals surface area contributed by atoms with Crippen molar-refractivity contribution in [3.8, 4) is 0 Å². The summed E-state index contributed by atoms with van der Waals surface area (Å²) in [5, 5.41) is 0. The van der Waals surface area contributed by atoms with Gasteiger partial charge in [0, 0.05) is 4.88 Å². The minimum absolute atomic E-state index is 0.350. The molecule has 1 aromatic rings. The van der Waals surface area contributed by atoms with Gasteiger partial charge in [-0.05, 0) is 53.2 Å². The predicted molar refractivity (Wildman–Crippen MR) is 68.8 cm³/mol. The summed E-state index contributed by atoms with van der Waals surface area (Å²) in [5.74, 6) is 6.41. The molecule has 15 heavy (non-hydrogen) atoms. The highest BCUT2D eigenvalue weighted by Gasteiger charge is 2.26. The molecule has 84 valence electrons. The quantitative estimate of drug-likeness (QED) is 0.660. The molecule has 1 saturated carbocycles. The summed E-state index contributed by atoms with van der Waals surface area (Å²) in [4.78, 5) is 1.37. The molecule has 3 N–H and O–H groups in total. The van der Waals surface area contributed by atoms with E-state index in [1.165, 1.54) is 39.9 Å². The number of thiophene rings is 1. The van der Waals surface area contributed by atoms with Gasteiger partial charge in [-0.25, -0.2) is 0 Å². The summed E-state index contributed by atoms with van der Waals surface area (Å²) in [6.07, 6.45) is 5.33. The highest BCUT2D eigenvalue weighted by atomic mass is 79.9. The fourth-order valence-electron chi connectivity index (χ4n) is 2.38. The van der Waals surface area contributed by atoms with Crippen molar-refractivity contribution in [3.05, 3.63) is 20.3 Å². The Morgan fingerprint density at radius 3 is 2.67 bits per heavy atom. The van der Waals surface area contributed by atoms with Gasteiger partial charge in [0.15, 0.2) is 0 Å². The van der Waals surface area contributed by atoms with E-state index in [4.69, 9.17) is 5.84 Å². The Hall–Kier alpha value is 0.100. The lowest BCUT2D eigenvalue weighted by Crippen LogP contribution is -2.32. The SMILES string of the molecule is Cc1cc(C(NN)C2CCCC2)sc1Br. The summed E-state index contributed by atoms with van der Waals surface area (Å²) >= 11 is 5.38. The fourth-order valence-corrected chi connectivity index (χ4v) is 4.10. The first-order valence-electron chi connectivity index (χ1n) is 5.44. The maximum Gasteiger partial charge on any atom is 0.0731 e. The van der Waals surface area contributed by atoms with Crippen LogP contribution in [0.4, 0.5) is 0 Å². The molecule has 1 heterocycles. The summed E-state index contributed by atoms with van der Waals surface area (Å²) in [7, 11) is 0. The topological polar surface area (TPSA) is 38.0 Å². The molecule has 0 amide bonds. The zero-order valence-electron chi connectivity index (χ0n) is 8.92. The highest BCUT2D eigenvalue weighted by Crippen LogP contribution is 2.40. The number of halogens is 1. The molecule has 0 aliphatic heterocycles. The first kappa shape index (κ1) is 11.6. The Balaban J connectivity index is 2.18. The lowest BCUT2D eigenvalue weighted by atomic mass is 9.97. The second-order valence-corrected chi connectivity index (χ2v) is 6.70. The molecule has 0 saturated heterocycles. The van der Waals surface area contributed by atoms with E-state index in [1.54, 1.807) is 0 Å². The van der Waals surface area contributed by atoms with Crippen LogP contribution in [0.15, 0.2) is 9.85 Å². The van der Waals surface area contributed by atoms with Crippen LogP contribution in [0, 0.1) is 12.8 Å². The lowest BCUT2D eigenvalue weighted by Gasteiger charge is -2.21. The van der Waals surface area contributed by atoms with Gasteiger partial charge in [-0.15, -0.1) is 11.3 Å². The van der Waals surface area contributed by atoms with Crippen LogP contribution in [-0.2, 0) is 0 Å². The van der Waals surface area contributed by atoms with Crippen LogP contribution in [0.5, 0.6) is 0 Å². The average Bonchev–Trinajstić information content (AvgIpc) is 2.80. The Morgan fingerprint density at radius 1 is 1.53 bits per heavy atom. The third-order valence-corrected chi connectivity index (χ3v) is 5.45. The van der Waals surface area contributed by atoms with Crippen LogP contribution >= 0.6 is 27.3 Å². The Bertz CT molecular complexity index is 312. The van der Waals surface area contributed by atoms with Gasteiger partial charge in [0.05, 0.1) is 9.83 Å². The smallest absolute Gasteiger partial charge is 0.0731 e. The molecule has 0 bridgehead atoms. The van der Waals surface area contributed by atoms with Gasteiger partial charge in [-0.3, -0.25) is 11.3 Å². The number of nitrogens with two attached hydrogens (primary N) is 1. The molecule has 2 nitrogen and oxygen atoms in total. The van der Waals surface area contributed by atoms with Crippen molar-refractivity contribution in [2.45, 2.75) is 38.6 Å². The molecular weight excluding hydrogens is 272 g/mol. The molecule has 0 spiro atoms. The molecule has 2 rings (SSSR count). The van der Waals surface area contributed by atoms with E-state index < -0.39 is 0 Å². The van der Waals surface area contributed by atoms with Crippen LogP contribution in [0.1, 0.15) is 42.2 Å². The molecule has 1 unspecified atom stereocenters. The van der Waals surface area contributed by atoms with Crippen molar-refractivity contribution in [2.75, 3.05) is 0 Å². The van der Waals surface area contributed by atoms with Crippen LogP contribution in [0.2, 0.25) is 0 Å². The highest BCUT2D eigenvalue weighted by molar-refractivity contribution is 9.11. The number of hydrogen-bond acceptors (Lipinski definition) is 3. The molecule has 0 radical (unpaired) electrons. The summed E-state index contributed by atoms with van der Waals surface area (Å²) < 4.78 is 1.23. The predicted octanol–water partition coefficient (Wildman–Crippen LogP) is 3.51. The van der Waals surface area contributed by atoms with Crippen molar-refractivity contribution in [2.24, 2.45) is 11.8 Å². The van der Waals surface area contributed by atoms with E-state index in [9.17, 15) is 0 Å². The Morgan fingerprint density at radius 2 is 2.20 bits per heavy atom. The van der Waals surface area contributed by atoms with Gasteiger partial charge in [0.2, 0.25) is 0 Å². The van der Waals surface area contributed by atoms with E-state index in [0.29, 0.717) is 6.04 Å². The zero-order valence-corrected chi connectivity index (χ0v) is 11.3. The number of hydrogen-bond donors (Lipinski definition) is 2. The van der Waals surface area contributed by atoms with Crippen molar-refractivity contribution in [3.63, 3.8) is 0 Å². The molecule has 1 aromatic heterocycles. The Kier molecular flexibility index (Phi) is 3.83.